The molecule has 2 fully saturated rings. The smallest absolute Gasteiger partial charge is 0.416 e. The quantitative estimate of drug-likeness (QED) is 0.356. The van der Waals surface area contributed by atoms with Crippen molar-refractivity contribution in [2.24, 2.45) is 5.41 Å². The summed E-state index contributed by atoms with van der Waals surface area (Å²) in [6, 6.07) is 1.78. The van der Waals surface area contributed by atoms with Gasteiger partial charge in [0.1, 0.15) is 22.7 Å². The minimum absolute atomic E-state index is 0.132. The Labute approximate surface area is 295 Å². The molecule has 5 amide bonds. The van der Waals surface area contributed by atoms with Crippen LogP contribution in [0.5, 0.6) is 0 Å². The second-order valence-electron chi connectivity index (χ2n) is 15.5. The van der Waals surface area contributed by atoms with E-state index in [1.54, 1.807) is 48.9 Å². The minimum Gasteiger partial charge on any atom is -0.444 e. The average Bonchev–Trinajstić information content (AvgIpc) is 3.73. The summed E-state index contributed by atoms with van der Waals surface area (Å²) in [4.78, 5) is 63.5. The molecule has 2 aromatic rings. The number of aromatic nitrogens is 1. The third kappa shape index (κ3) is 8.70. The van der Waals surface area contributed by atoms with Gasteiger partial charge in [-0.05, 0) is 65.5 Å². The molecule has 1 aromatic heterocycles. The van der Waals surface area contributed by atoms with Crippen molar-refractivity contribution >= 4 is 35.3 Å². The zero-order valence-electron chi connectivity index (χ0n) is 30.3. The summed E-state index contributed by atoms with van der Waals surface area (Å²) in [5, 5.41) is 8.01. The number of alkyl halides is 3. The van der Waals surface area contributed by atoms with Gasteiger partial charge in [-0.3, -0.25) is 14.5 Å². The minimum atomic E-state index is -4.51. The number of thiazole rings is 1. The predicted octanol–water partition coefficient (Wildman–Crippen LogP) is 6.10. The van der Waals surface area contributed by atoms with Crippen molar-refractivity contribution in [3.05, 3.63) is 40.9 Å². The number of likely N-dealkylation sites (tertiary alicyclic amines) is 2. The van der Waals surface area contributed by atoms with Crippen molar-refractivity contribution in [2.75, 3.05) is 20.1 Å². The number of carbonyl (C=O) groups is 4. The monoisotopic (exact) mass is 722 g/mol. The fraction of sp³-hybridized carbons (Fsp3) is 0.629. The number of likely N-dealkylation sites (N-methyl/N-ethyl adjacent to an activating group) is 1. The fourth-order valence-electron chi connectivity index (χ4n) is 6.33. The second kappa shape index (κ2) is 14.4. The Morgan fingerprint density at radius 1 is 1.02 bits per heavy atom. The van der Waals surface area contributed by atoms with E-state index in [1.165, 1.54) is 29.4 Å². The van der Waals surface area contributed by atoms with Gasteiger partial charge in [0.25, 0.3) is 0 Å². The van der Waals surface area contributed by atoms with E-state index in [-0.39, 0.29) is 30.6 Å². The first-order valence-electron chi connectivity index (χ1n) is 16.8. The summed E-state index contributed by atoms with van der Waals surface area (Å²) in [7, 11) is 1.46. The van der Waals surface area contributed by atoms with Crippen molar-refractivity contribution in [3.8, 4) is 10.6 Å². The van der Waals surface area contributed by atoms with Gasteiger partial charge in [-0.25, -0.2) is 14.6 Å². The zero-order chi connectivity index (χ0) is 37.5. The van der Waals surface area contributed by atoms with E-state index in [4.69, 9.17) is 9.72 Å². The van der Waals surface area contributed by atoms with Crippen LogP contribution in [0, 0.1) is 5.41 Å². The molecule has 1 aromatic carbocycles. The standard InChI is InChI=1S/C35H49F3N6O5S/c1-19(2)39-31(47)44-17-23(24-18-50-29(40-24)21-12-11-13-22(16-21)35(36,37)38)26-25(44)14-15-43(26)30(46)27(33(4,5)6)41-28(45)20(3)42(10)32(48)49-34(7,8)9/h11-13,16,18-20,23,25-27H,14-15,17H2,1-10H3,(H,39,47)(H,41,45)/t20-,23+,25+,26+,27+/m0/s1. The summed E-state index contributed by atoms with van der Waals surface area (Å²) in [6.45, 7) is 16.5. The Kier molecular flexibility index (Phi) is 11.2. The average molecular weight is 723 g/mol. The third-order valence-corrected chi connectivity index (χ3v) is 9.87. The van der Waals surface area contributed by atoms with Crippen molar-refractivity contribution in [1.82, 2.24) is 30.3 Å². The molecule has 2 N–H and O–H groups in total. The normalized spacial score (nSPS) is 20.7. The van der Waals surface area contributed by atoms with E-state index in [0.717, 1.165) is 12.1 Å². The Morgan fingerprint density at radius 2 is 1.68 bits per heavy atom. The number of amides is 5. The first-order chi connectivity index (χ1) is 23.0. The van der Waals surface area contributed by atoms with Gasteiger partial charge < -0.3 is 25.2 Å². The molecule has 0 bridgehead atoms. The van der Waals surface area contributed by atoms with E-state index in [9.17, 15) is 32.3 Å². The molecule has 4 rings (SSSR count). The summed E-state index contributed by atoms with van der Waals surface area (Å²) >= 11 is 1.20. The van der Waals surface area contributed by atoms with Crippen molar-refractivity contribution in [1.29, 1.82) is 0 Å². The lowest BCUT2D eigenvalue weighted by Crippen LogP contribution is -2.59. The maximum Gasteiger partial charge on any atom is 0.416 e. The molecule has 0 aliphatic carbocycles. The molecule has 2 saturated heterocycles. The molecule has 0 unspecified atom stereocenters. The molecule has 11 nitrogen and oxygen atoms in total. The number of hydrogen-bond donors (Lipinski definition) is 2. The van der Waals surface area contributed by atoms with E-state index >= 15 is 0 Å². The maximum absolute atomic E-state index is 14.5. The molecule has 5 atom stereocenters. The number of carbonyl (C=O) groups excluding carboxylic acids is 4. The highest BCUT2D eigenvalue weighted by Crippen LogP contribution is 2.43. The van der Waals surface area contributed by atoms with Gasteiger partial charge in [-0.2, -0.15) is 13.2 Å². The predicted molar refractivity (Wildman–Crippen MR) is 184 cm³/mol. The van der Waals surface area contributed by atoms with Gasteiger partial charge in [-0.15, -0.1) is 11.3 Å². The molecular formula is C35H49F3N6O5S. The van der Waals surface area contributed by atoms with Gasteiger partial charge in [-0.1, -0.05) is 32.9 Å². The van der Waals surface area contributed by atoms with Crippen LogP contribution in [-0.4, -0.2) is 99.6 Å². The number of urea groups is 1. The first kappa shape index (κ1) is 38.9. The SMILES string of the molecule is CC(C)NC(=O)N1C[C@H](c2csc(-c3cccc(C(F)(F)F)c3)n2)[C@@H]2[C@H]1CCN2C(=O)[C@@H](NC(=O)[C@H](C)N(C)C(=O)OC(C)(C)C)C(C)(C)C. The number of benzene rings is 1. The highest BCUT2D eigenvalue weighted by molar-refractivity contribution is 7.13. The van der Waals surface area contributed by atoms with Crippen molar-refractivity contribution in [3.63, 3.8) is 0 Å². The number of nitrogens with one attached hydrogen (secondary N) is 2. The van der Waals surface area contributed by atoms with Gasteiger partial charge in [0.05, 0.1) is 23.3 Å². The van der Waals surface area contributed by atoms with E-state index in [2.05, 4.69) is 10.6 Å². The summed E-state index contributed by atoms with van der Waals surface area (Å²) in [6.07, 6.45) is -4.69. The largest absolute Gasteiger partial charge is 0.444 e. The van der Waals surface area contributed by atoms with Crippen LogP contribution in [0.4, 0.5) is 22.8 Å². The van der Waals surface area contributed by atoms with E-state index < -0.39 is 58.8 Å². The van der Waals surface area contributed by atoms with E-state index in [0.29, 0.717) is 29.2 Å². The molecule has 2 aliphatic heterocycles. The number of nitrogens with zero attached hydrogens (tertiary/aromatic N) is 4. The van der Waals surface area contributed by atoms with Crippen LogP contribution < -0.4 is 10.6 Å². The Bertz CT molecular complexity index is 1580. The van der Waals surface area contributed by atoms with Gasteiger partial charge in [0.2, 0.25) is 11.8 Å². The molecule has 0 saturated carbocycles. The fourth-order valence-corrected chi connectivity index (χ4v) is 7.21. The van der Waals surface area contributed by atoms with Gasteiger partial charge >= 0.3 is 18.3 Å². The number of fused-ring (bicyclic) bond motifs is 1. The molecule has 3 heterocycles. The second-order valence-corrected chi connectivity index (χ2v) is 16.3. The van der Waals surface area contributed by atoms with Crippen LogP contribution in [-0.2, 0) is 20.5 Å². The summed E-state index contributed by atoms with van der Waals surface area (Å²) in [5.41, 5.74) is -1.39. The van der Waals surface area contributed by atoms with Crippen LogP contribution in [0.1, 0.15) is 85.9 Å². The molecule has 2 aliphatic rings. The third-order valence-electron chi connectivity index (χ3n) is 8.96. The molecule has 15 heteroatoms. The summed E-state index contributed by atoms with van der Waals surface area (Å²) in [5.74, 6) is -1.31. The highest BCUT2D eigenvalue weighted by Gasteiger charge is 2.54. The molecule has 0 spiro atoms. The van der Waals surface area contributed by atoms with Crippen LogP contribution in [0.15, 0.2) is 29.6 Å². The zero-order valence-corrected chi connectivity index (χ0v) is 31.2. The maximum atomic E-state index is 14.5. The summed E-state index contributed by atoms with van der Waals surface area (Å²) < 4.78 is 45.8. The number of hydrogen-bond acceptors (Lipinski definition) is 7. The Hall–Kier alpha value is -3.88. The molecule has 276 valence electrons. The topological polar surface area (TPSA) is 124 Å². The lowest BCUT2D eigenvalue weighted by atomic mass is 9.85. The van der Waals surface area contributed by atoms with E-state index in [1.807, 2.05) is 34.6 Å². The number of ether oxygens (including phenoxy) is 1. The lowest BCUT2D eigenvalue weighted by Gasteiger charge is -2.37. The number of rotatable bonds is 7. The molecule has 50 heavy (non-hydrogen) atoms. The van der Waals surface area contributed by atoms with Crippen molar-refractivity contribution < 1.29 is 37.1 Å². The lowest BCUT2D eigenvalue weighted by molar-refractivity contribution is -0.141. The van der Waals surface area contributed by atoms with Crippen LogP contribution >= 0.6 is 11.3 Å². The van der Waals surface area contributed by atoms with Gasteiger partial charge in [0.15, 0.2) is 0 Å². The molecular weight excluding hydrogens is 673 g/mol. The highest BCUT2D eigenvalue weighted by atomic mass is 32.1. The molecule has 0 radical (unpaired) electrons. The van der Waals surface area contributed by atoms with Crippen LogP contribution in [0.3, 0.4) is 0 Å². The Balaban J connectivity index is 1.65. The van der Waals surface area contributed by atoms with Gasteiger partial charge in [0, 0.05) is 43.0 Å². The first-order valence-corrected chi connectivity index (χ1v) is 17.6. The van der Waals surface area contributed by atoms with Crippen LogP contribution in [0.25, 0.3) is 10.6 Å². The Morgan fingerprint density at radius 3 is 2.26 bits per heavy atom. The number of halogens is 3. The van der Waals surface area contributed by atoms with Crippen LogP contribution in [0.2, 0.25) is 0 Å². The van der Waals surface area contributed by atoms with Crippen molar-refractivity contribution in [2.45, 2.75) is 117 Å².